The van der Waals surface area contributed by atoms with Crippen LogP contribution < -0.4 is 5.73 Å². The van der Waals surface area contributed by atoms with Crippen molar-refractivity contribution < 1.29 is 4.42 Å². The Kier molecular flexibility index (Phi) is 4.29. The van der Waals surface area contributed by atoms with Crippen molar-refractivity contribution in [1.82, 2.24) is 0 Å². The smallest absolute Gasteiger partial charge is 0.135 e. The van der Waals surface area contributed by atoms with Gasteiger partial charge in [-0.2, -0.15) is 0 Å². The van der Waals surface area contributed by atoms with Crippen molar-refractivity contribution in [3.8, 4) is 33.4 Å². The van der Waals surface area contributed by atoms with Gasteiger partial charge >= 0.3 is 0 Å². The lowest BCUT2D eigenvalue weighted by molar-refractivity contribution is 0.669. The Labute approximate surface area is 186 Å². The van der Waals surface area contributed by atoms with Gasteiger partial charge in [0.2, 0.25) is 0 Å². The molecule has 152 valence electrons. The molecule has 1 heterocycles. The van der Waals surface area contributed by atoms with Crippen molar-refractivity contribution in [2.45, 2.75) is 0 Å². The molecule has 0 unspecified atom stereocenters. The molecule has 0 radical (unpaired) electrons. The van der Waals surface area contributed by atoms with Crippen molar-refractivity contribution in [3.05, 3.63) is 115 Å². The summed E-state index contributed by atoms with van der Waals surface area (Å²) in [4.78, 5) is 0. The Morgan fingerprint density at radius 2 is 1.00 bits per heavy atom. The Balaban J connectivity index is 1.61. The van der Waals surface area contributed by atoms with Crippen LogP contribution in [0.15, 0.2) is 120 Å². The van der Waals surface area contributed by atoms with Gasteiger partial charge in [0, 0.05) is 27.6 Å². The molecular weight excluding hydrogens is 390 g/mol. The van der Waals surface area contributed by atoms with E-state index in [1.807, 2.05) is 54.6 Å². The highest BCUT2D eigenvalue weighted by atomic mass is 16.3. The first kappa shape index (κ1) is 18.5. The molecule has 0 saturated carbocycles. The molecule has 6 aromatic rings. The van der Waals surface area contributed by atoms with E-state index in [2.05, 4.69) is 60.7 Å². The van der Waals surface area contributed by atoms with Crippen LogP contribution in [0.25, 0.3) is 55.3 Å². The molecule has 1 aromatic heterocycles. The maximum absolute atomic E-state index is 6.73. The van der Waals surface area contributed by atoms with E-state index < -0.39 is 0 Å². The molecular formula is C30H21NO. The lowest BCUT2D eigenvalue weighted by atomic mass is 9.91. The molecule has 0 aliphatic heterocycles. The second kappa shape index (κ2) is 7.44. The van der Waals surface area contributed by atoms with Crippen LogP contribution in [0.1, 0.15) is 0 Å². The number of hydrogen-bond donors (Lipinski definition) is 1. The van der Waals surface area contributed by atoms with Gasteiger partial charge in [0.05, 0.1) is 0 Å². The monoisotopic (exact) mass is 411 g/mol. The number of nitrogen functional groups attached to an aromatic ring is 1. The predicted molar refractivity (Wildman–Crippen MR) is 134 cm³/mol. The van der Waals surface area contributed by atoms with Crippen LogP contribution >= 0.6 is 0 Å². The number of anilines is 1. The molecule has 5 aromatic carbocycles. The van der Waals surface area contributed by atoms with Gasteiger partial charge in [-0.25, -0.2) is 0 Å². The van der Waals surface area contributed by atoms with Crippen molar-refractivity contribution >= 4 is 27.6 Å². The van der Waals surface area contributed by atoms with E-state index in [0.29, 0.717) is 0 Å². The van der Waals surface area contributed by atoms with E-state index in [1.165, 1.54) is 0 Å². The number of para-hydroxylation sites is 1. The lowest BCUT2D eigenvalue weighted by Crippen LogP contribution is -1.96. The fourth-order valence-electron chi connectivity index (χ4n) is 4.44. The van der Waals surface area contributed by atoms with Crippen LogP contribution in [0, 0.1) is 0 Å². The van der Waals surface area contributed by atoms with E-state index in [4.69, 9.17) is 10.2 Å². The van der Waals surface area contributed by atoms with E-state index in [-0.39, 0.29) is 0 Å². The topological polar surface area (TPSA) is 39.2 Å². The van der Waals surface area contributed by atoms with Crippen LogP contribution in [-0.2, 0) is 0 Å². The molecule has 6 rings (SSSR count). The zero-order valence-electron chi connectivity index (χ0n) is 17.5. The summed E-state index contributed by atoms with van der Waals surface area (Å²) in [5.41, 5.74) is 15.9. The van der Waals surface area contributed by atoms with Crippen LogP contribution in [0.3, 0.4) is 0 Å². The van der Waals surface area contributed by atoms with Crippen LogP contribution in [0.2, 0.25) is 0 Å². The third-order valence-corrected chi connectivity index (χ3v) is 6.06. The summed E-state index contributed by atoms with van der Waals surface area (Å²) in [7, 11) is 0. The van der Waals surface area contributed by atoms with Crippen molar-refractivity contribution in [3.63, 3.8) is 0 Å². The first-order valence-corrected chi connectivity index (χ1v) is 10.7. The highest BCUT2D eigenvalue weighted by Crippen LogP contribution is 2.40. The van der Waals surface area contributed by atoms with E-state index in [9.17, 15) is 0 Å². The van der Waals surface area contributed by atoms with E-state index in [1.54, 1.807) is 0 Å². The fourth-order valence-corrected chi connectivity index (χ4v) is 4.44. The van der Waals surface area contributed by atoms with Gasteiger partial charge in [0.25, 0.3) is 0 Å². The number of benzene rings is 5. The van der Waals surface area contributed by atoms with E-state index in [0.717, 1.165) is 61.0 Å². The molecule has 0 fully saturated rings. The maximum atomic E-state index is 6.73. The maximum Gasteiger partial charge on any atom is 0.135 e. The second-order valence-electron chi connectivity index (χ2n) is 8.03. The average Bonchev–Trinajstić information content (AvgIpc) is 3.23. The molecule has 0 amide bonds. The normalized spacial score (nSPS) is 11.2. The first-order valence-electron chi connectivity index (χ1n) is 10.7. The van der Waals surface area contributed by atoms with Gasteiger partial charge in [0.15, 0.2) is 0 Å². The third-order valence-electron chi connectivity index (χ3n) is 6.06. The third kappa shape index (κ3) is 3.05. The molecule has 0 aliphatic carbocycles. The van der Waals surface area contributed by atoms with Gasteiger partial charge in [-0.1, -0.05) is 84.9 Å². The number of nitrogens with two attached hydrogens (primary N) is 1. The zero-order chi connectivity index (χ0) is 21.5. The van der Waals surface area contributed by atoms with Gasteiger partial charge < -0.3 is 10.2 Å². The van der Waals surface area contributed by atoms with Gasteiger partial charge in [0.1, 0.15) is 11.2 Å². The highest BCUT2D eigenvalue weighted by molar-refractivity contribution is 6.06. The second-order valence-corrected chi connectivity index (χ2v) is 8.03. The predicted octanol–water partition coefficient (Wildman–Crippen LogP) is 8.17. The first-order chi connectivity index (χ1) is 15.8. The molecule has 0 spiro atoms. The molecule has 2 heteroatoms. The molecule has 0 atom stereocenters. The quantitative estimate of drug-likeness (QED) is 0.298. The minimum Gasteiger partial charge on any atom is -0.456 e. The summed E-state index contributed by atoms with van der Waals surface area (Å²) in [5, 5.41) is 2.25. The standard InChI is InChI=1S/C30H21NO/c31-30-25(20-9-3-1-4-10-20)18-23(19-26(30)21-11-5-2-6-12-21)22-15-16-29-27(17-22)24-13-7-8-14-28(24)32-29/h1-19H,31H2. The van der Waals surface area contributed by atoms with Gasteiger partial charge in [-0.05, 0) is 52.6 Å². The molecule has 2 nitrogen and oxygen atoms in total. The summed E-state index contributed by atoms with van der Waals surface area (Å²) in [6.45, 7) is 0. The summed E-state index contributed by atoms with van der Waals surface area (Å²) in [6, 6.07) is 39.7. The molecule has 0 bridgehead atoms. The summed E-state index contributed by atoms with van der Waals surface area (Å²) in [6.07, 6.45) is 0. The Hall–Kier alpha value is -4.30. The van der Waals surface area contributed by atoms with Gasteiger partial charge in [-0.15, -0.1) is 0 Å². The lowest BCUT2D eigenvalue weighted by Gasteiger charge is -2.15. The van der Waals surface area contributed by atoms with Crippen LogP contribution in [-0.4, -0.2) is 0 Å². The van der Waals surface area contributed by atoms with Crippen LogP contribution in [0.4, 0.5) is 5.69 Å². The Bertz CT molecular complexity index is 1500. The zero-order valence-corrected chi connectivity index (χ0v) is 17.5. The number of rotatable bonds is 3. The number of furan rings is 1. The van der Waals surface area contributed by atoms with E-state index >= 15 is 0 Å². The largest absolute Gasteiger partial charge is 0.456 e. The minimum atomic E-state index is 0.793. The minimum absolute atomic E-state index is 0.793. The van der Waals surface area contributed by atoms with Crippen molar-refractivity contribution in [2.24, 2.45) is 0 Å². The number of hydrogen-bond acceptors (Lipinski definition) is 2. The van der Waals surface area contributed by atoms with Crippen molar-refractivity contribution in [1.29, 1.82) is 0 Å². The fraction of sp³-hybridized carbons (Fsp3) is 0. The summed E-state index contributed by atoms with van der Waals surface area (Å²) in [5.74, 6) is 0. The van der Waals surface area contributed by atoms with Gasteiger partial charge in [-0.3, -0.25) is 0 Å². The Morgan fingerprint density at radius 1 is 0.438 bits per heavy atom. The highest BCUT2D eigenvalue weighted by Gasteiger charge is 2.14. The Morgan fingerprint density at radius 3 is 1.66 bits per heavy atom. The number of fused-ring (bicyclic) bond motifs is 3. The van der Waals surface area contributed by atoms with Crippen molar-refractivity contribution in [2.75, 3.05) is 5.73 Å². The van der Waals surface area contributed by atoms with Crippen LogP contribution in [0.5, 0.6) is 0 Å². The molecule has 2 N–H and O–H groups in total. The SMILES string of the molecule is Nc1c(-c2ccccc2)cc(-c2ccc3oc4ccccc4c3c2)cc1-c1ccccc1. The molecule has 32 heavy (non-hydrogen) atoms. The summed E-state index contributed by atoms with van der Waals surface area (Å²) < 4.78 is 6.03. The average molecular weight is 412 g/mol. The summed E-state index contributed by atoms with van der Waals surface area (Å²) >= 11 is 0. The molecule has 0 saturated heterocycles. The molecule has 0 aliphatic rings.